The van der Waals surface area contributed by atoms with E-state index in [2.05, 4.69) is 49.3 Å². The molecule has 2 aromatic rings. The largest absolute Gasteiger partial charge is 0.357 e. The average molecular weight is 242 g/mol. The highest BCUT2D eigenvalue weighted by Gasteiger charge is 2.21. The molecular weight excluding hydrogens is 220 g/mol. The standard InChI is InChI=1S/C16H22N2/c1-10(2)12-6-7-14-13(9-12)11(3)16(18-14)15-5-4-8-17-15/h6-7,9-10,15,17-18H,4-5,8H2,1-3H3. The first-order valence-electron chi connectivity index (χ1n) is 7.02. The maximum Gasteiger partial charge on any atom is 0.0476 e. The molecule has 96 valence electrons. The van der Waals surface area contributed by atoms with Crippen molar-refractivity contribution < 1.29 is 0 Å². The summed E-state index contributed by atoms with van der Waals surface area (Å²) in [5.41, 5.74) is 5.52. The Bertz CT molecular complexity index is 560. The van der Waals surface area contributed by atoms with Crippen molar-refractivity contribution in [3.8, 4) is 0 Å². The van der Waals surface area contributed by atoms with Crippen LogP contribution in [0.1, 0.15) is 55.5 Å². The van der Waals surface area contributed by atoms with E-state index in [4.69, 9.17) is 0 Å². The van der Waals surface area contributed by atoms with Crippen LogP contribution in [0.2, 0.25) is 0 Å². The van der Waals surface area contributed by atoms with Crippen molar-refractivity contribution in [2.75, 3.05) is 6.54 Å². The number of benzene rings is 1. The van der Waals surface area contributed by atoms with Crippen molar-refractivity contribution in [3.05, 3.63) is 35.0 Å². The monoisotopic (exact) mass is 242 g/mol. The van der Waals surface area contributed by atoms with Crippen LogP contribution in [0.5, 0.6) is 0 Å². The topological polar surface area (TPSA) is 27.8 Å². The van der Waals surface area contributed by atoms with Gasteiger partial charge in [-0.1, -0.05) is 19.9 Å². The smallest absolute Gasteiger partial charge is 0.0476 e. The lowest BCUT2D eigenvalue weighted by molar-refractivity contribution is 0.629. The normalized spacial score (nSPS) is 20.1. The van der Waals surface area contributed by atoms with Crippen LogP contribution in [0.4, 0.5) is 0 Å². The van der Waals surface area contributed by atoms with Crippen molar-refractivity contribution in [2.24, 2.45) is 0 Å². The molecule has 1 unspecified atom stereocenters. The lowest BCUT2D eigenvalue weighted by atomic mass is 9.99. The van der Waals surface area contributed by atoms with Crippen LogP contribution in [0, 0.1) is 6.92 Å². The fourth-order valence-electron chi connectivity index (χ4n) is 3.00. The van der Waals surface area contributed by atoms with Crippen molar-refractivity contribution in [3.63, 3.8) is 0 Å². The molecule has 0 aliphatic carbocycles. The lowest BCUT2D eigenvalue weighted by Crippen LogP contribution is -2.13. The summed E-state index contributed by atoms with van der Waals surface area (Å²) in [4.78, 5) is 3.61. The zero-order valence-electron chi connectivity index (χ0n) is 11.5. The molecule has 1 aromatic heterocycles. The molecule has 1 aliphatic heterocycles. The summed E-state index contributed by atoms with van der Waals surface area (Å²) in [5.74, 6) is 0.594. The van der Waals surface area contributed by atoms with Crippen LogP contribution < -0.4 is 5.32 Å². The third-order valence-electron chi connectivity index (χ3n) is 4.20. The first kappa shape index (κ1) is 11.8. The Kier molecular flexibility index (Phi) is 2.90. The van der Waals surface area contributed by atoms with Crippen molar-refractivity contribution in [1.82, 2.24) is 10.3 Å². The van der Waals surface area contributed by atoms with Gasteiger partial charge in [0, 0.05) is 22.6 Å². The highest BCUT2D eigenvalue weighted by atomic mass is 15.0. The second-order valence-corrected chi connectivity index (χ2v) is 5.77. The Morgan fingerprint density at radius 2 is 2.11 bits per heavy atom. The van der Waals surface area contributed by atoms with Crippen LogP contribution in [0.3, 0.4) is 0 Å². The van der Waals surface area contributed by atoms with Crippen molar-refractivity contribution >= 4 is 10.9 Å². The molecule has 0 amide bonds. The maximum absolute atomic E-state index is 3.61. The summed E-state index contributed by atoms with van der Waals surface area (Å²) in [5, 5.41) is 4.97. The molecule has 3 rings (SSSR count). The summed E-state index contributed by atoms with van der Waals surface area (Å²) >= 11 is 0. The number of nitrogens with one attached hydrogen (secondary N) is 2. The van der Waals surface area contributed by atoms with Crippen LogP contribution in [-0.2, 0) is 0 Å². The number of fused-ring (bicyclic) bond motifs is 1. The number of aryl methyl sites for hydroxylation is 1. The highest BCUT2D eigenvalue weighted by molar-refractivity contribution is 5.85. The lowest BCUT2D eigenvalue weighted by Gasteiger charge is -2.09. The molecule has 0 spiro atoms. The first-order valence-corrected chi connectivity index (χ1v) is 7.02. The average Bonchev–Trinajstić information content (AvgIpc) is 2.97. The molecule has 2 heterocycles. The van der Waals surface area contributed by atoms with Gasteiger partial charge >= 0.3 is 0 Å². The summed E-state index contributed by atoms with van der Waals surface area (Å²) in [6.07, 6.45) is 2.54. The first-order chi connectivity index (χ1) is 8.66. The van der Waals surface area contributed by atoms with Gasteiger partial charge in [-0.25, -0.2) is 0 Å². The van der Waals surface area contributed by atoms with Gasteiger partial charge in [0.15, 0.2) is 0 Å². The Hall–Kier alpha value is -1.28. The third-order valence-corrected chi connectivity index (χ3v) is 4.20. The fourth-order valence-corrected chi connectivity index (χ4v) is 3.00. The van der Waals surface area contributed by atoms with Gasteiger partial charge < -0.3 is 10.3 Å². The molecule has 1 aromatic carbocycles. The number of hydrogen-bond donors (Lipinski definition) is 2. The predicted octanol–water partition coefficient (Wildman–Crippen LogP) is 4.02. The van der Waals surface area contributed by atoms with Crippen molar-refractivity contribution in [2.45, 2.75) is 45.6 Å². The number of rotatable bonds is 2. The molecule has 18 heavy (non-hydrogen) atoms. The number of hydrogen-bond acceptors (Lipinski definition) is 1. The minimum atomic E-state index is 0.528. The quantitative estimate of drug-likeness (QED) is 0.817. The molecule has 1 fully saturated rings. The number of aromatic amines is 1. The molecule has 1 aliphatic rings. The van der Waals surface area contributed by atoms with E-state index in [1.165, 1.54) is 40.6 Å². The molecule has 2 heteroatoms. The van der Waals surface area contributed by atoms with Gasteiger partial charge in [-0.2, -0.15) is 0 Å². The van der Waals surface area contributed by atoms with Gasteiger partial charge in [-0.3, -0.25) is 0 Å². The van der Waals surface area contributed by atoms with E-state index in [0.29, 0.717) is 12.0 Å². The van der Waals surface area contributed by atoms with Crippen LogP contribution >= 0.6 is 0 Å². The van der Waals surface area contributed by atoms with E-state index in [1.54, 1.807) is 0 Å². The van der Waals surface area contributed by atoms with Crippen molar-refractivity contribution in [1.29, 1.82) is 0 Å². The minimum absolute atomic E-state index is 0.528. The summed E-state index contributed by atoms with van der Waals surface area (Å²) in [7, 11) is 0. The molecular formula is C16H22N2. The Morgan fingerprint density at radius 3 is 2.78 bits per heavy atom. The third kappa shape index (κ3) is 1.85. The Labute approximate surface area is 109 Å². The summed E-state index contributed by atoms with van der Waals surface area (Å²) in [6, 6.07) is 7.36. The van der Waals surface area contributed by atoms with E-state index in [0.717, 1.165) is 6.54 Å². The molecule has 2 nitrogen and oxygen atoms in total. The summed E-state index contributed by atoms with van der Waals surface area (Å²) < 4.78 is 0. The molecule has 0 radical (unpaired) electrons. The molecule has 1 atom stereocenters. The van der Waals surface area contributed by atoms with Crippen LogP contribution in [-0.4, -0.2) is 11.5 Å². The van der Waals surface area contributed by atoms with E-state index < -0.39 is 0 Å². The second kappa shape index (κ2) is 4.43. The second-order valence-electron chi connectivity index (χ2n) is 5.77. The summed E-state index contributed by atoms with van der Waals surface area (Å²) in [6.45, 7) is 7.90. The molecule has 1 saturated heterocycles. The zero-order chi connectivity index (χ0) is 12.7. The Morgan fingerprint density at radius 1 is 1.28 bits per heavy atom. The zero-order valence-corrected chi connectivity index (χ0v) is 11.5. The van der Waals surface area contributed by atoms with E-state index in [-0.39, 0.29) is 0 Å². The highest BCUT2D eigenvalue weighted by Crippen LogP contribution is 2.31. The predicted molar refractivity (Wildman–Crippen MR) is 77.1 cm³/mol. The van der Waals surface area contributed by atoms with Gasteiger partial charge in [0.25, 0.3) is 0 Å². The van der Waals surface area contributed by atoms with Gasteiger partial charge in [-0.05, 0) is 55.5 Å². The van der Waals surface area contributed by atoms with Gasteiger partial charge in [0.2, 0.25) is 0 Å². The van der Waals surface area contributed by atoms with E-state index >= 15 is 0 Å². The number of H-pyrrole nitrogens is 1. The van der Waals surface area contributed by atoms with E-state index in [9.17, 15) is 0 Å². The number of aromatic nitrogens is 1. The van der Waals surface area contributed by atoms with Gasteiger partial charge in [0.05, 0.1) is 0 Å². The Balaban J connectivity index is 2.09. The van der Waals surface area contributed by atoms with Gasteiger partial charge in [-0.15, -0.1) is 0 Å². The molecule has 0 bridgehead atoms. The van der Waals surface area contributed by atoms with Crippen LogP contribution in [0.15, 0.2) is 18.2 Å². The SMILES string of the molecule is Cc1c(C2CCCN2)[nH]c2ccc(C(C)C)cc12. The maximum atomic E-state index is 3.61. The van der Waals surface area contributed by atoms with Gasteiger partial charge in [0.1, 0.15) is 0 Å². The molecule has 2 N–H and O–H groups in total. The molecule has 0 saturated carbocycles. The minimum Gasteiger partial charge on any atom is -0.357 e. The van der Waals surface area contributed by atoms with Crippen LogP contribution in [0.25, 0.3) is 10.9 Å². The fraction of sp³-hybridized carbons (Fsp3) is 0.500. The van der Waals surface area contributed by atoms with E-state index in [1.807, 2.05) is 0 Å².